The van der Waals surface area contributed by atoms with Gasteiger partial charge in [0.2, 0.25) is 0 Å². The van der Waals surface area contributed by atoms with Crippen LogP contribution in [0.4, 0.5) is 0 Å². The van der Waals surface area contributed by atoms with Crippen LogP contribution in [0.15, 0.2) is 83.9 Å². The smallest absolute Gasteiger partial charge is 0.106 e. The molecular weight excluding hydrogens is 621 g/mol. The second-order valence-corrected chi connectivity index (χ2v) is 11.3. The fourth-order valence-corrected chi connectivity index (χ4v) is 2.74. The van der Waals surface area contributed by atoms with Gasteiger partial charge in [-0.3, -0.25) is 4.99 Å². The number of aryl methyl sites for hydroxylation is 3. The molecule has 3 heteroatoms. The lowest BCUT2D eigenvalue weighted by atomic mass is 10.0. The van der Waals surface area contributed by atoms with Crippen molar-refractivity contribution in [3.63, 3.8) is 0 Å². The summed E-state index contributed by atoms with van der Waals surface area (Å²) in [5.41, 5.74) is 6.53. The molecule has 3 rings (SSSR count). The summed E-state index contributed by atoms with van der Waals surface area (Å²) >= 11 is 0. The van der Waals surface area contributed by atoms with Gasteiger partial charge < -0.3 is 10.1 Å². The number of nitrogens with zero attached hydrogens (tertiary/aromatic N) is 1. The SMILES string of the molecule is C=C(C)C.C=O.CC.CC.CCC.CCC(C)=NC.CCCC.CCCC.CCCc1cccc2ccccc12.CNC.Cc1cccc(C)c1. The summed E-state index contributed by atoms with van der Waals surface area (Å²) < 4.78 is 0. The van der Waals surface area contributed by atoms with E-state index in [9.17, 15) is 0 Å². The lowest BCUT2D eigenvalue weighted by Crippen LogP contribution is -1.89. The predicted octanol–water partition coefficient (Wildman–Crippen LogP) is 15.9. The summed E-state index contributed by atoms with van der Waals surface area (Å²) in [6.45, 7) is 41.0. The third-order valence-corrected chi connectivity index (χ3v) is 5.47. The normalized spacial score (nSPS) is 8.27. The van der Waals surface area contributed by atoms with Gasteiger partial charge in [0.25, 0.3) is 0 Å². The molecule has 0 spiro atoms. The van der Waals surface area contributed by atoms with Crippen LogP contribution in [0, 0.1) is 13.8 Å². The van der Waals surface area contributed by atoms with Crippen molar-refractivity contribution >= 4 is 23.3 Å². The molecule has 0 atom stereocenters. The second kappa shape index (κ2) is 65.4. The first kappa shape index (κ1) is 66.2. The number of benzene rings is 3. The number of carbonyl (C=O) groups excluding carboxylic acids is 1. The van der Waals surface area contributed by atoms with Crippen LogP contribution in [-0.4, -0.2) is 33.6 Å². The molecule has 0 aliphatic rings. The third kappa shape index (κ3) is 69.5. The average Bonchev–Trinajstić information content (AvgIpc) is 3.15. The molecule has 0 aromatic heterocycles. The van der Waals surface area contributed by atoms with Gasteiger partial charge in [0.05, 0.1) is 0 Å². The molecule has 0 bridgehead atoms. The Morgan fingerprint density at radius 1 is 0.627 bits per heavy atom. The number of nitrogens with one attached hydrogen (secondary N) is 1. The summed E-state index contributed by atoms with van der Waals surface area (Å²) in [6.07, 6.45) is 10.0. The van der Waals surface area contributed by atoms with Crippen LogP contribution in [0.3, 0.4) is 0 Å². The predicted molar refractivity (Wildman–Crippen MR) is 246 cm³/mol. The number of allylic oxidation sites excluding steroid dienone is 1. The lowest BCUT2D eigenvalue weighted by Gasteiger charge is -2.03. The first-order valence-corrected chi connectivity index (χ1v) is 19.8. The van der Waals surface area contributed by atoms with E-state index >= 15 is 0 Å². The minimum atomic E-state index is 1.08. The van der Waals surface area contributed by atoms with Gasteiger partial charge in [0.1, 0.15) is 6.79 Å². The van der Waals surface area contributed by atoms with Crippen molar-refractivity contribution in [3.05, 3.63) is 95.6 Å². The van der Waals surface area contributed by atoms with Crippen LogP contribution < -0.4 is 5.32 Å². The summed E-state index contributed by atoms with van der Waals surface area (Å²) in [5, 5.41) is 5.51. The van der Waals surface area contributed by atoms with Crippen LogP contribution >= 0.6 is 0 Å². The monoisotopic (exact) mass is 713 g/mol. The molecule has 300 valence electrons. The van der Waals surface area contributed by atoms with Gasteiger partial charge in [0, 0.05) is 12.8 Å². The van der Waals surface area contributed by atoms with E-state index in [4.69, 9.17) is 4.79 Å². The fraction of sp³-hybridized carbons (Fsp3) is 0.583. The Balaban J connectivity index is -0.0000000718. The van der Waals surface area contributed by atoms with Gasteiger partial charge in [-0.15, -0.1) is 6.58 Å². The minimum absolute atomic E-state index is 1.08. The first-order chi connectivity index (χ1) is 24.4. The summed E-state index contributed by atoms with van der Waals surface area (Å²) in [7, 11) is 5.57. The zero-order valence-corrected chi connectivity index (χ0v) is 38.3. The van der Waals surface area contributed by atoms with E-state index in [0.29, 0.717) is 0 Å². The standard InChI is InChI=1S/C13H14.C8H10.C5H11N.C4H8.2C4H10.C3H8.C2H7N.2C2H6.CH2O/c1-2-6-11-8-5-9-12-7-3-4-10-13(11)12;1-7-4-3-5-8(2)6-7;1-4-5(2)6-3;1-4(2)3;2*1-3-4-2;2*1-3-2;3*1-2/h3-5,7-10H,2,6H2,1H3;3-6H,1-2H3;4H2,1-3H3;1H2,2-3H3;2*3-4H2,1-2H3;3H2,1-2H3;3H,1-2H3;2*1-2H3;1H2. The highest BCUT2D eigenvalue weighted by molar-refractivity contribution is 5.85. The Hall–Kier alpha value is -3.04. The highest BCUT2D eigenvalue weighted by Gasteiger charge is 1.97. The first-order valence-electron chi connectivity index (χ1n) is 19.8. The summed E-state index contributed by atoms with van der Waals surface area (Å²) in [4.78, 5) is 11.9. The zero-order chi connectivity index (χ0) is 41.9. The van der Waals surface area contributed by atoms with Gasteiger partial charge in [-0.2, -0.15) is 0 Å². The van der Waals surface area contributed by atoms with Gasteiger partial charge in [-0.1, -0.05) is 205 Å². The van der Waals surface area contributed by atoms with Crippen molar-refractivity contribution in [2.24, 2.45) is 4.99 Å². The fourth-order valence-electron chi connectivity index (χ4n) is 2.74. The molecule has 0 aliphatic heterocycles. The van der Waals surface area contributed by atoms with Crippen LogP contribution in [0.25, 0.3) is 10.8 Å². The average molecular weight is 713 g/mol. The van der Waals surface area contributed by atoms with Crippen LogP contribution in [-0.2, 0) is 11.2 Å². The Morgan fingerprint density at radius 3 is 1.22 bits per heavy atom. The number of fused-ring (bicyclic) bond motifs is 1. The molecule has 51 heavy (non-hydrogen) atoms. The van der Waals surface area contributed by atoms with Crippen LogP contribution in [0.1, 0.15) is 165 Å². The number of hydrogen-bond donors (Lipinski definition) is 1. The second-order valence-electron chi connectivity index (χ2n) is 11.3. The van der Waals surface area contributed by atoms with E-state index in [-0.39, 0.29) is 0 Å². The van der Waals surface area contributed by atoms with Crippen molar-refractivity contribution in [2.45, 2.75) is 169 Å². The number of hydrogen-bond acceptors (Lipinski definition) is 3. The molecule has 0 saturated heterocycles. The van der Waals surface area contributed by atoms with Crippen molar-refractivity contribution in [2.75, 3.05) is 21.1 Å². The molecule has 3 aromatic carbocycles. The molecule has 0 amide bonds. The molecule has 0 heterocycles. The molecule has 3 aromatic rings. The Bertz CT molecular complexity index is 1000. The lowest BCUT2D eigenvalue weighted by molar-refractivity contribution is -0.0980. The Labute approximate surface area is 323 Å². The molecule has 0 radical (unpaired) electrons. The topological polar surface area (TPSA) is 41.5 Å². The Morgan fingerprint density at radius 2 is 0.961 bits per heavy atom. The van der Waals surface area contributed by atoms with Gasteiger partial charge in [-0.05, 0) is 77.9 Å². The largest absolute Gasteiger partial charge is 0.323 e. The molecule has 3 nitrogen and oxygen atoms in total. The number of unbranched alkanes of at least 4 members (excludes halogenated alkanes) is 2. The number of carbonyl (C=O) groups is 1. The van der Waals surface area contributed by atoms with Crippen LogP contribution in [0.2, 0.25) is 0 Å². The van der Waals surface area contributed by atoms with E-state index < -0.39 is 0 Å². The molecular formula is C48H92N2O. The molecule has 0 unspecified atom stereocenters. The van der Waals surface area contributed by atoms with Crippen molar-refractivity contribution in [1.29, 1.82) is 0 Å². The molecule has 0 saturated carbocycles. The quantitative estimate of drug-likeness (QED) is 0.211. The summed E-state index contributed by atoms with van der Waals surface area (Å²) in [5.74, 6) is 0. The van der Waals surface area contributed by atoms with E-state index in [0.717, 1.165) is 6.42 Å². The van der Waals surface area contributed by atoms with Crippen molar-refractivity contribution in [1.82, 2.24) is 5.32 Å². The number of rotatable bonds is 5. The highest BCUT2D eigenvalue weighted by atomic mass is 16.1. The van der Waals surface area contributed by atoms with Crippen LogP contribution in [0.5, 0.6) is 0 Å². The number of aliphatic imine (C=N–C) groups is 1. The maximum Gasteiger partial charge on any atom is 0.106 e. The maximum atomic E-state index is 8.00. The minimum Gasteiger partial charge on any atom is -0.323 e. The van der Waals surface area contributed by atoms with Gasteiger partial charge in [-0.25, -0.2) is 0 Å². The van der Waals surface area contributed by atoms with E-state index in [1.807, 2.05) is 76.4 Å². The molecule has 1 N–H and O–H groups in total. The maximum absolute atomic E-state index is 8.00. The summed E-state index contributed by atoms with van der Waals surface area (Å²) in [6, 6.07) is 23.6. The van der Waals surface area contributed by atoms with E-state index in [2.05, 4.69) is 153 Å². The molecule has 0 aliphatic carbocycles. The van der Waals surface area contributed by atoms with E-state index in [1.165, 1.54) is 83.7 Å². The highest BCUT2D eigenvalue weighted by Crippen LogP contribution is 2.19. The Kier molecular flexibility index (Phi) is 84.9. The molecule has 0 fully saturated rings. The van der Waals surface area contributed by atoms with Gasteiger partial charge >= 0.3 is 0 Å². The third-order valence-electron chi connectivity index (χ3n) is 5.47. The van der Waals surface area contributed by atoms with Crippen molar-refractivity contribution in [3.8, 4) is 0 Å². The van der Waals surface area contributed by atoms with Gasteiger partial charge in [0.15, 0.2) is 0 Å². The van der Waals surface area contributed by atoms with E-state index in [1.54, 1.807) is 0 Å². The zero-order valence-electron chi connectivity index (χ0n) is 38.3. The van der Waals surface area contributed by atoms with Crippen molar-refractivity contribution < 1.29 is 4.79 Å².